The normalized spacial score (nSPS) is 20.2. The van der Waals surface area contributed by atoms with Crippen molar-refractivity contribution in [1.29, 1.82) is 0 Å². The number of aromatic nitrogens is 1. The summed E-state index contributed by atoms with van der Waals surface area (Å²) in [7, 11) is 0. The maximum absolute atomic E-state index is 13.4. The van der Waals surface area contributed by atoms with Gasteiger partial charge in [0.2, 0.25) is 0 Å². The highest BCUT2D eigenvalue weighted by Gasteiger charge is 2.39. The molecular weight excluding hydrogens is 400 g/mol. The summed E-state index contributed by atoms with van der Waals surface area (Å²) in [4.78, 5) is 34.4. The van der Waals surface area contributed by atoms with Gasteiger partial charge in [-0.1, -0.05) is 36.4 Å². The predicted molar refractivity (Wildman–Crippen MR) is 123 cm³/mol. The molecule has 0 unspecified atom stereocenters. The van der Waals surface area contributed by atoms with Crippen LogP contribution in [0.15, 0.2) is 79.1 Å². The quantitative estimate of drug-likeness (QED) is 0.694. The Bertz CT molecular complexity index is 1100. The van der Waals surface area contributed by atoms with Gasteiger partial charge in [-0.25, -0.2) is 0 Å². The maximum atomic E-state index is 13.4. The molecule has 6 heteroatoms. The van der Waals surface area contributed by atoms with Gasteiger partial charge in [0, 0.05) is 55.4 Å². The summed E-state index contributed by atoms with van der Waals surface area (Å²) >= 11 is 0. The molecule has 2 atom stereocenters. The molecule has 32 heavy (non-hydrogen) atoms. The fourth-order valence-electron chi connectivity index (χ4n) is 4.84. The minimum absolute atomic E-state index is 0.0202. The topological polar surface area (TPSA) is 65.5 Å². The van der Waals surface area contributed by atoms with Gasteiger partial charge in [0.25, 0.3) is 11.8 Å². The van der Waals surface area contributed by atoms with E-state index in [-0.39, 0.29) is 23.9 Å². The van der Waals surface area contributed by atoms with Crippen molar-refractivity contribution in [2.45, 2.75) is 31.5 Å². The molecular formula is C26H26N4O2. The number of amides is 2. The van der Waals surface area contributed by atoms with Crippen molar-refractivity contribution in [1.82, 2.24) is 15.2 Å². The van der Waals surface area contributed by atoms with Gasteiger partial charge in [0.1, 0.15) is 0 Å². The first-order valence-electron chi connectivity index (χ1n) is 11.1. The van der Waals surface area contributed by atoms with Crippen molar-refractivity contribution < 1.29 is 9.59 Å². The van der Waals surface area contributed by atoms with Gasteiger partial charge < -0.3 is 10.2 Å². The number of hydrogen-bond acceptors (Lipinski definition) is 4. The summed E-state index contributed by atoms with van der Waals surface area (Å²) in [5, 5.41) is 3.11. The smallest absolute Gasteiger partial charge is 0.259 e. The van der Waals surface area contributed by atoms with Crippen LogP contribution < -0.4 is 10.2 Å². The number of pyridine rings is 1. The molecule has 6 nitrogen and oxygen atoms in total. The van der Waals surface area contributed by atoms with E-state index in [1.54, 1.807) is 18.5 Å². The molecule has 1 saturated heterocycles. The van der Waals surface area contributed by atoms with Gasteiger partial charge in [0.05, 0.1) is 5.56 Å². The fourth-order valence-corrected chi connectivity index (χ4v) is 4.84. The summed E-state index contributed by atoms with van der Waals surface area (Å²) in [6.45, 7) is 2.00. The number of nitrogens with one attached hydrogen (secondary N) is 1. The molecule has 2 aliphatic heterocycles. The molecule has 1 N–H and O–H groups in total. The Morgan fingerprint density at radius 1 is 0.938 bits per heavy atom. The lowest BCUT2D eigenvalue weighted by molar-refractivity contribution is 0.0934. The number of para-hydroxylation sites is 1. The Morgan fingerprint density at radius 3 is 2.53 bits per heavy atom. The summed E-state index contributed by atoms with van der Waals surface area (Å²) < 4.78 is 0. The van der Waals surface area contributed by atoms with Gasteiger partial charge in [-0.15, -0.1) is 0 Å². The number of fused-ring (bicyclic) bond motifs is 2. The Kier molecular flexibility index (Phi) is 5.69. The first kappa shape index (κ1) is 20.4. The minimum atomic E-state index is -0.0438. The van der Waals surface area contributed by atoms with Gasteiger partial charge in [-0.2, -0.15) is 0 Å². The lowest BCUT2D eigenvalue weighted by atomic mass is 10.1. The van der Waals surface area contributed by atoms with Crippen LogP contribution in [0.1, 0.15) is 39.1 Å². The van der Waals surface area contributed by atoms with E-state index in [2.05, 4.69) is 21.3 Å². The maximum Gasteiger partial charge on any atom is 0.259 e. The van der Waals surface area contributed by atoms with Crippen molar-refractivity contribution >= 4 is 17.5 Å². The summed E-state index contributed by atoms with van der Waals surface area (Å²) in [6.07, 6.45) is 5.30. The van der Waals surface area contributed by atoms with Crippen LogP contribution in [0.5, 0.6) is 0 Å². The third kappa shape index (κ3) is 4.01. The van der Waals surface area contributed by atoms with Crippen LogP contribution in [-0.4, -0.2) is 46.9 Å². The molecule has 2 aliphatic rings. The largest absolute Gasteiger partial charge is 0.350 e. The molecule has 3 aromatic rings. The Morgan fingerprint density at radius 2 is 1.72 bits per heavy atom. The van der Waals surface area contributed by atoms with Gasteiger partial charge >= 0.3 is 0 Å². The molecule has 162 valence electrons. The average molecular weight is 427 g/mol. The molecule has 0 saturated carbocycles. The number of benzene rings is 2. The second-order valence-corrected chi connectivity index (χ2v) is 8.42. The first-order valence-corrected chi connectivity index (χ1v) is 11.1. The first-order chi connectivity index (χ1) is 15.7. The molecule has 2 amide bonds. The summed E-state index contributed by atoms with van der Waals surface area (Å²) in [5.41, 5.74) is 3.37. The fraction of sp³-hybridized carbons (Fsp3) is 0.269. The number of nitrogens with zero attached hydrogens (tertiary/aromatic N) is 3. The standard InChI is InChI=1S/C26H26N4O2/c31-25(19-7-2-1-3-8-19)28-16-22-12-13-23-18-30(26(32)20-10-6-14-27-15-20)24-11-5-4-9-21(24)17-29(22)23/h1-11,14-15,22-23H,12-13,16-18H2,(H,28,31)/t22-,23+/m1/s1. The van der Waals surface area contributed by atoms with Crippen molar-refractivity contribution in [2.24, 2.45) is 0 Å². The van der Waals surface area contributed by atoms with Crippen LogP contribution in [0, 0.1) is 0 Å². The highest BCUT2D eigenvalue weighted by Crippen LogP contribution is 2.35. The monoisotopic (exact) mass is 426 g/mol. The second-order valence-electron chi connectivity index (χ2n) is 8.42. The minimum Gasteiger partial charge on any atom is -0.350 e. The molecule has 0 spiro atoms. The van der Waals surface area contributed by atoms with Gasteiger partial charge in [-0.05, 0) is 48.7 Å². The van der Waals surface area contributed by atoms with Crippen LogP contribution in [0.4, 0.5) is 5.69 Å². The lowest BCUT2D eigenvalue weighted by Crippen LogP contribution is -2.45. The molecule has 1 fully saturated rings. The number of anilines is 1. The van der Waals surface area contributed by atoms with Crippen LogP contribution in [0.3, 0.4) is 0 Å². The van der Waals surface area contributed by atoms with Crippen LogP contribution >= 0.6 is 0 Å². The number of rotatable bonds is 4. The van der Waals surface area contributed by atoms with E-state index >= 15 is 0 Å². The van der Waals surface area contributed by atoms with Crippen molar-refractivity contribution in [3.05, 3.63) is 95.8 Å². The number of carbonyl (C=O) groups is 2. The molecule has 3 heterocycles. The predicted octanol–water partition coefficient (Wildman–Crippen LogP) is 3.51. The Labute approximate surface area is 187 Å². The van der Waals surface area contributed by atoms with E-state index in [9.17, 15) is 9.59 Å². The van der Waals surface area contributed by atoms with Crippen LogP contribution in [0.2, 0.25) is 0 Å². The summed E-state index contributed by atoms with van der Waals surface area (Å²) in [5.74, 6) is -0.0640. The third-order valence-electron chi connectivity index (χ3n) is 6.49. The SMILES string of the molecule is O=C(NC[C@H]1CC[C@H]2CN(C(=O)c3cccnc3)c3ccccc3CN12)c1ccccc1. The molecule has 0 radical (unpaired) electrons. The van der Waals surface area contributed by atoms with Gasteiger partial charge in [0.15, 0.2) is 0 Å². The van der Waals surface area contributed by atoms with Crippen molar-refractivity contribution in [2.75, 3.05) is 18.0 Å². The molecule has 5 rings (SSSR count). The number of carbonyl (C=O) groups excluding carboxylic acids is 2. The highest BCUT2D eigenvalue weighted by molar-refractivity contribution is 6.06. The van der Waals surface area contributed by atoms with E-state index in [4.69, 9.17) is 0 Å². The van der Waals surface area contributed by atoms with E-state index in [1.807, 2.05) is 59.5 Å². The third-order valence-corrected chi connectivity index (χ3v) is 6.49. The van der Waals surface area contributed by atoms with E-state index < -0.39 is 0 Å². The van der Waals surface area contributed by atoms with Crippen LogP contribution in [0.25, 0.3) is 0 Å². The number of hydrogen-bond donors (Lipinski definition) is 1. The van der Waals surface area contributed by atoms with Crippen molar-refractivity contribution in [3.63, 3.8) is 0 Å². The van der Waals surface area contributed by atoms with Crippen molar-refractivity contribution in [3.8, 4) is 0 Å². The zero-order valence-electron chi connectivity index (χ0n) is 17.9. The molecule has 0 bridgehead atoms. The molecule has 2 aromatic carbocycles. The Hall–Kier alpha value is -3.51. The average Bonchev–Trinajstić information content (AvgIpc) is 3.14. The highest BCUT2D eigenvalue weighted by atomic mass is 16.2. The van der Waals surface area contributed by atoms with Gasteiger partial charge in [-0.3, -0.25) is 19.5 Å². The second kappa shape index (κ2) is 8.93. The zero-order valence-corrected chi connectivity index (χ0v) is 17.9. The van der Waals surface area contributed by atoms with Crippen LogP contribution in [-0.2, 0) is 6.54 Å². The van der Waals surface area contributed by atoms with E-state index in [1.165, 1.54) is 0 Å². The molecule has 0 aliphatic carbocycles. The zero-order chi connectivity index (χ0) is 21.9. The Balaban J connectivity index is 1.35. The summed E-state index contributed by atoms with van der Waals surface area (Å²) in [6, 6.07) is 21.6. The molecule has 1 aromatic heterocycles. The van der Waals surface area contributed by atoms with E-state index in [0.717, 1.165) is 30.6 Å². The van der Waals surface area contributed by atoms with E-state index in [0.29, 0.717) is 24.2 Å². The lowest BCUT2D eigenvalue weighted by Gasteiger charge is -2.29.